The highest BCUT2D eigenvalue weighted by Crippen LogP contribution is 2.21. The van der Waals surface area contributed by atoms with Crippen LogP contribution in [-0.4, -0.2) is 19.5 Å². The maximum Gasteiger partial charge on any atom is 0.163 e. The molecule has 2 aromatic carbocycles. The van der Waals surface area contributed by atoms with E-state index in [1.165, 1.54) is 11.1 Å². The number of para-hydroxylation sites is 1. The predicted molar refractivity (Wildman–Crippen MR) is 89.7 cm³/mol. The van der Waals surface area contributed by atoms with Gasteiger partial charge in [-0.3, -0.25) is 0 Å². The van der Waals surface area contributed by atoms with Crippen LogP contribution in [0, 0.1) is 0 Å². The number of fused-ring (bicyclic) bond motifs is 1. The van der Waals surface area contributed by atoms with E-state index in [4.69, 9.17) is 0 Å². The van der Waals surface area contributed by atoms with Crippen molar-refractivity contribution in [3.8, 4) is 5.69 Å². The highest BCUT2D eigenvalue weighted by molar-refractivity contribution is 7.80. The molecular formula is C17H14N4S. The lowest BCUT2D eigenvalue weighted by atomic mass is 10.0. The maximum absolute atomic E-state index is 4.38. The van der Waals surface area contributed by atoms with Gasteiger partial charge < -0.3 is 9.55 Å². The summed E-state index contributed by atoms with van der Waals surface area (Å²) in [6, 6.07) is 14.6. The van der Waals surface area contributed by atoms with Crippen LogP contribution >= 0.6 is 12.6 Å². The zero-order valence-electron chi connectivity index (χ0n) is 11.8. The summed E-state index contributed by atoms with van der Waals surface area (Å²) in [5, 5.41) is 0.644. The number of benzene rings is 2. The quantitative estimate of drug-likeness (QED) is 0.568. The van der Waals surface area contributed by atoms with Crippen LogP contribution < -0.4 is 0 Å². The van der Waals surface area contributed by atoms with Crippen LogP contribution in [0.2, 0.25) is 0 Å². The van der Waals surface area contributed by atoms with Crippen molar-refractivity contribution in [2.75, 3.05) is 0 Å². The Morgan fingerprint density at radius 2 is 2.05 bits per heavy atom. The van der Waals surface area contributed by atoms with Crippen molar-refractivity contribution in [1.29, 1.82) is 0 Å². The van der Waals surface area contributed by atoms with Crippen molar-refractivity contribution in [3.63, 3.8) is 0 Å². The van der Waals surface area contributed by atoms with E-state index in [1.807, 2.05) is 23.2 Å². The molecule has 2 aromatic heterocycles. The monoisotopic (exact) mass is 306 g/mol. The number of aromatic nitrogens is 4. The summed E-state index contributed by atoms with van der Waals surface area (Å²) in [7, 11) is 0. The lowest BCUT2D eigenvalue weighted by molar-refractivity contribution is 1.02. The predicted octanol–water partition coefficient (Wildman–Crippen LogP) is 3.63. The van der Waals surface area contributed by atoms with Gasteiger partial charge in [-0.2, -0.15) is 0 Å². The highest BCUT2D eigenvalue weighted by atomic mass is 32.1. The van der Waals surface area contributed by atoms with E-state index in [-0.39, 0.29) is 0 Å². The number of rotatable bonds is 3. The molecule has 4 rings (SSSR count). The lowest BCUT2D eigenvalue weighted by Gasteiger charge is -2.10. The normalized spacial score (nSPS) is 11.1. The van der Waals surface area contributed by atoms with Gasteiger partial charge in [0.05, 0.1) is 17.4 Å². The van der Waals surface area contributed by atoms with Gasteiger partial charge in [-0.1, -0.05) is 24.3 Å². The average Bonchev–Trinajstić information content (AvgIpc) is 3.16. The molecule has 0 saturated carbocycles. The minimum atomic E-state index is 0.644. The topological polar surface area (TPSA) is 46.5 Å². The minimum Gasteiger partial charge on any atom is -0.333 e. The van der Waals surface area contributed by atoms with Crippen molar-refractivity contribution in [1.82, 2.24) is 19.5 Å². The van der Waals surface area contributed by atoms with Gasteiger partial charge in [-0.05, 0) is 35.7 Å². The number of H-pyrrole nitrogens is 1. The van der Waals surface area contributed by atoms with Gasteiger partial charge in [0.25, 0.3) is 0 Å². The smallest absolute Gasteiger partial charge is 0.163 e. The molecule has 0 amide bonds. The summed E-state index contributed by atoms with van der Waals surface area (Å²) in [4.78, 5) is 11.6. The van der Waals surface area contributed by atoms with E-state index in [2.05, 4.69) is 64.0 Å². The highest BCUT2D eigenvalue weighted by Gasteiger charge is 2.07. The van der Waals surface area contributed by atoms with Crippen LogP contribution in [0.3, 0.4) is 0 Å². The van der Waals surface area contributed by atoms with Crippen molar-refractivity contribution < 1.29 is 0 Å². The van der Waals surface area contributed by atoms with Crippen LogP contribution in [-0.2, 0) is 6.42 Å². The fourth-order valence-electron chi connectivity index (χ4n) is 2.68. The average molecular weight is 306 g/mol. The molecule has 0 saturated heterocycles. The Bertz CT molecular complexity index is 925. The number of hydrogen-bond acceptors (Lipinski definition) is 3. The summed E-state index contributed by atoms with van der Waals surface area (Å²) < 4.78 is 2.04. The molecule has 5 heteroatoms. The third kappa shape index (κ3) is 2.40. The van der Waals surface area contributed by atoms with Crippen LogP contribution in [0.5, 0.6) is 0 Å². The van der Waals surface area contributed by atoms with Gasteiger partial charge in [0.15, 0.2) is 5.16 Å². The van der Waals surface area contributed by atoms with Gasteiger partial charge >= 0.3 is 0 Å². The number of thiol groups is 1. The molecule has 0 bridgehead atoms. The van der Waals surface area contributed by atoms with Gasteiger partial charge in [-0.25, -0.2) is 9.97 Å². The van der Waals surface area contributed by atoms with Crippen molar-refractivity contribution in [2.24, 2.45) is 0 Å². The second kappa shape index (κ2) is 5.35. The SMILES string of the molecule is Sc1nc2cc(Cc3ccccc3-n3ccnc3)ccc2[nH]1. The number of nitrogens with zero attached hydrogens (tertiary/aromatic N) is 3. The molecule has 0 fully saturated rings. The van der Waals surface area contributed by atoms with E-state index < -0.39 is 0 Å². The Morgan fingerprint density at radius 1 is 1.14 bits per heavy atom. The molecule has 4 nitrogen and oxygen atoms in total. The van der Waals surface area contributed by atoms with E-state index in [9.17, 15) is 0 Å². The standard InChI is InChI=1S/C17H14N4S/c22-17-19-14-6-5-12(10-15(14)20-17)9-13-3-1-2-4-16(13)21-8-7-18-11-21/h1-8,10-11H,9H2,(H2,19,20,22). The van der Waals surface area contributed by atoms with Gasteiger partial charge in [0, 0.05) is 18.1 Å². The van der Waals surface area contributed by atoms with Crippen LogP contribution in [0.15, 0.2) is 66.3 Å². The molecule has 0 aliphatic heterocycles. The summed E-state index contributed by atoms with van der Waals surface area (Å²) in [6.45, 7) is 0. The summed E-state index contributed by atoms with van der Waals surface area (Å²) in [5.74, 6) is 0. The van der Waals surface area contributed by atoms with E-state index in [0.29, 0.717) is 5.16 Å². The first-order valence-electron chi connectivity index (χ1n) is 7.03. The third-order valence-electron chi connectivity index (χ3n) is 3.70. The van der Waals surface area contributed by atoms with E-state index in [0.717, 1.165) is 23.1 Å². The first-order valence-corrected chi connectivity index (χ1v) is 7.48. The number of nitrogens with one attached hydrogen (secondary N) is 1. The zero-order chi connectivity index (χ0) is 14.9. The van der Waals surface area contributed by atoms with Gasteiger partial charge in [-0.15, -0.1) is 12.6 Å². The lowest BCUT2D eigenvalue weighted by Crippen LogP contribution is -1.98. The second-order valence-corrected chi connectivity index (χ2v) is 5.61. The largest absolute Gasteiger partial charge is 0.333 e. The molecule has 4 aromatic rings. The molecule has 1 N–H and O–H groups in total. The van der Waals surface area contributed by atoms with Crippen molar-refractivity contribution >= 4 is 23.7 Å². The van der Waals surface area contributed by atoms with E-state index >= 15 is 0 Å². The van der Waals surface area contributed by atoms with Crippen LogP contribution in [0.25, 0.3) is 16.7 Å². The van der Waals surface area contributed by atoms with Crippen LogP contribution in [0.4, 0.5) is 0 Å². The zero-order valence-corrected chi connectivity index (χ0v) is 12.7. The molecule has 0 aliphatic carbocycles. The molecule has 0 aliphatic rings. The van der Waals surface area contributed by atoms with Crippen molar-refractivity contribution in [3.05, 3.63) is 72.3 Å². The summed E-state index contributed by atoms with van der Waals surface area (Å²) in [6.07, 6.45) is 6.42. The molecule has 22 heavy (non-hydrogen) atoms. The van der Waals surface area contributed by atoms with Gasteiger partial charge in [0.2, 0.25) is 0 Å². The van der Waals surface area contributed by atoms with E-state index in [1.54, 1.807) is 6.20 Å². The molecular weight excluding hydrogens is 292 g/mol. The first kappa shape index (κ1) is 13.2. The Morgan fingerprint density at radius 3 is 2.91 bits per heavy atom. The fourth-order valence-corrected chi connectivity index (χ4v) is 2.91. The number of aromatic amines is 1. The van der Waals surface area contributed by atoms with Crippen molar-refractivity contribution in [2.45, 2.75) is 11.6 Å². The molecule has 0 radical (unpaired) electrons. The Hall–Kier alpha value is -2.53. The minimum absolute atomic E-state index is 0.644. The molecule has 2 heterocycles. The molecule has 0 atom stereocenters. The molecule has 0 spiro atoms. The molecule has 0 unspecified atom stereocenters. The number of hydrogen-bond donors (Lipinski definition) is 2. The fraction of sp³-hybridized carbons (Fsp3) is 0.0588. The Kier molecular flexibility index (Phi) is 3.20. The Labute approximate surface area is 133 Å². The second-order valence-electron chi connectivity index (χ2n) is 5.19. The Balaban J connectivity index is 1.73. The maximum atomic E-state index is 4.38. The van der Waals surface area contributed by atoms with Gasteiger partial charge in [0.1, 0.15) is 0 Å². The summed E-state index contributed by atoms with van der Waals surface area (Å²) in [5.41, 5.74) is 5.58. The third-order valence-corrected chi connectivity index (χ3v) is 3.92. The number of imidazole rings is 2. The van der Waals surface area contributed by atoms with Crippen LogP contribution in [0.1, 0.15) is 11.1 Å². The first-order chi connectivity index (χ1) is 10.8. The summed E-state index contributed by atoms with van der Waals surface area (Å²) >= 11 is 4.26. The molecule has 108 valence electrons.